The Kier molecular flexibility index (Phi) is 7.98. The van der Waals surface area contributed by atoms with E-state index in [-0.39, 0.29) is 17.9 Å². The van der Waals surface area contributed by atoms with E-state index in [1.54, 1.807) is 12.1 Å². The standard InChI is InChI=1S/C24H26ClN3O3/c1-27(2)12-5-13-31-24(30)15-18-6-3-7-19(14-18)17-28-23(29)11-10-22(26-28)20-8-4-9-21(25)16-20/h3-4,6-11,14,16H,5,12-13,15,17H2,1-2H3. The number of ether oxygens (including phenoxy) is 1. The third kappa shape index (κ3) is 7.05. The maximum atomic E-state index is 12.3. The second-order valence-electron chi connectivity index (χ2n) is 7.60. The van der Waals surface area contributed by atoms with Crippen LogP contribution >= 0.6 is 11.6 Å². The first-order valence-corrected chi connectivity index (χ1v) is 10.5. The molecule has 7 heteroatoms. The van der Waals surface area contributed by atoms with Crippen LogP contribution in [0.1, 0.15) is 17.5 Å². The molecule has 1 aromatic heterocycles. The van der Waals surface area contributed by atoms with Gasteiger partial charge in [0.15, 0.2) is 0 Å². The average Bonchev–Trinajstić information content (AvgIpc) is 2.73. The summed E-state index contributed by atoms with van der Waals surface area (Å²) in [4.78, 5) is 26.5. The van der Waals surface area contributed by atoms with E-state index in [0.717, 1.165) is 29.7 Å². The quantitative estimate of drug-likeness (QED) is 0.376. The minimum Gasteiger partial charge on any atom is -0.465 e. The maximum absolute atomic E-state index is 12.3. The number of hydrogen-bond donors (Lipinski definition) is 0. The molecular formula is C24H26ClN3O3. The van der Waals surface area contributed by atoms with Gasteiger partial charge < -0.3 is 9.64 Å². The summed E-state index contributed by atoms with van der Waals surface area (Å²) in [5.74, 6) is -0.255. The van der Waals surface area contributed by atoms with Gasteiger partial charge in [0, 0.05) is 23.2 Å². The van der Waals surface area contributed by atoms with E-state index in [1.807, 2.05) is 56.6 Å². The highest BCUT2D eigenvalue weighted by atomic mass is 35.5. The van der Waals surface area contributed by atoms with Gasteiger partial charge in [0.25, 0.3) is 5.56 Å². The van der Waals surface area contributed by atoms with E-state index in [1.165, 1.54) is 10.7 Å². The highest BCUT2D eigenvalue weighted by Crippen LogP contribution is 2.20. The van der Waals surface area contributed by atoms with Crippen molar-refractivity contribution in [1.82, 2.24) is 14.7 Å². The first-order valence-electron chi connectivity index (χ1n) is 10.1. The number of carbonyl (C=O) groups excluding carboxylic acids is 1. The lowest BCUT2D eigenvalue weighted by molar-refractivity contribution is -0.143. The molecule has 0 atom stereocenters. The Morgan fingerprint density at radius 2 is 1.84 bits per heavy atom. The molecule has 3 rings (SSSR count). The molecule has 31 heavy (non-hydrogen) atoms. The van der Waals surface area contributed by atoms with Crippen LogP contribution in [0.2, 0.25) is 5.02 Å². The maximum Gasteiger partial charge on any atom is 0.310 e. The number of aromatic nitrogens is 2. The summed E-state index contributed by atoms with van der Waals surface area (Å²) in [7, 11) is 3.97. The molecule has 6 nitrogen and oxygen atoms in total. The van der Waals surface area contributed by atoms with Crippen molar-refractivity contribution in [2.24, 2.45) is 0 Å². The van der Waals surface area contributed by atoms with Crippen LogP contribution in [0.3, 0.4) is 0 Å². The van der Waals surface area contributed by atoms with E-state index >= 15 is 0 Å². The number of rotatable bonds is 9. The van der Waals surface area contributed by atoms with Gasteiger partial charge in [0.2, 0.25) is 0 Å². The Balaban J connectivity index is 1.67. The van der Waals surface area contributed by atoms with Crippen molar-refractivity contribution < 1.29 is 9.53 Å². The number of halogens is 1. The SMILES string of the molecule is CN(C)CCCOC(=O)Cc1cccc(Cn2nc(-c3cccc(Cl)c3)ccc2=O)c1. The zero-order valence-electron chi connectivity index (χ0n) is 17.8. The Morgan fingerprint density at radius 3 is 2.61 bits per heavy atom. The highest BCUT2D eigenvalue weighted by molar-refractivity contribution is 6.30. The van der Waals surface area contributed by atoms with Crippen molar-refractivity contribution in [3.8, 4) is 11.3 Å². The number of benzene rings is 2. The lowest BCUT2D eigenvalue weighted by Crippen LogP contribution is -2.23. The van der Waals surface area contributed by atoms with Crippen LogP contribution in [0.15, 0.2) is 65.5 Å². The van der Waals surface area contributed by atoms with E-state index in [9.17, 15) is 9.59 Å². The van der Waals surface area contributed by atoms with Gasteiger partial charge in [-0.1, -0.05) is 48.0 Å². The molecule has 0 radical (unpaired) electrons. The van der Waals surface area contributed by atoms with Crippen LogP contribution in [-0.2, 0) is 22.5 Å². The van der Waals surface area contributed by atoms with Crippen LogP contribution in [0, 0.1) is 0 Å². The van der Waals surface area contributed by atoms with Crippen LogP contribution < -0.4 is 5.56 Å². The van der Waals surface area contributed by atoms with Crippen LogP contribution in [0.4, 0.5) is 0 Å². The second kappa shape index (κ2) is 10.9. The molecule has 0 aliphatic rings. The Morgan fingerprint density at radius 1 is 1.06 bits per heavy atom. The fourth-order valence-corrected chi connectivity index (χ4v) is 3.35. The van der Waals surface area contributed by atoms with E-state index < -0.39 is 0 Å². The molecule has 0 saturated heterocycles. The van der Waals surface area contributed by atoms with Gasteiger partial charge in [0.05, 0.1) is 25.3 Å². The third-order valence-electron chi connectivity index (χ3n) is 4.67. The molecule has 0 fully saturated rings. The van der Waals surface area contributed by atoms with Gasteiger partial charge in [-0.15, -0.1) is 0 Å². The van der Waals surface area contributed by atoms with Crippen molar-refractivity contribution in [3.05, 3.63) is 87.2 Å². The molecule has 0 unspecified atom stereocenters. The van der Waals surface area contributed by atoms with Crippen molar-refractivity contribution in [1.29, 1.82) is 0 Å². The van der Waals surface area contributed by atoms with E-state index in [2.05, 4.69) is 10.00 Å². The third-order valence-corrected chi connectivity index (χ3v) is 4.91. The molecular weight excluding hydrogens is 414 g/mol. The topological polar surface area (TPSA) is 64.4 Å². The van der Waals surface area contributed by atoms with Crippen molar-refractivity contribution in [2.75, 3.05) is 27.2 Å². The summed E-state index contributed by atoms with van der Waals surface area (Å²) >= 11 is 6.07. The Hall–Kier alpha value is -2.96. The van der Waals surface area contributed by atoms with Gasteiger partial charge >= 0.3 is 5.97 Å². The average molecular weight is 440 g/mol. The fraction of sp³-hybridized carbons (Fsp3) is 0.292. The highest BCUT2D eigenvalue weighted by Gasteiger charge is 2.08. The van der Waals surface area contributed by atoms with Gasteiger partial charge in [-0.05, 0) is 49.8 Å². The zero-order chi connectivity index (χ0) is 22.2. The van der Waals surface area contributed by atoms with Crippen LogP contribution in [-0.4, -0.2) is 47.9 Å². The summed E-state index contributed by atoms with van der Waals surface area (Å²) in [5, 5.41) is 5.09. The molecule has 3 aromatic rings. The summed E-state index contributed by atoms with van der Waals surface area (Å²) < 4.78 is 6.72. The molecule has 1 heterocycles. The number of esters is 1. The van der Waals surface area contributed by atoms with Gasteiger partial charge in [-0.3, -0.25) is 9.59 Å². The molecule has 0 saturated carbocycles. The van der Waals surface area contributed by atoms with Gasteiger partial charge in [0.1, 0.15) is 0 Å². The molecule has 162 valence electrons. The second-order valence-corrected chi connectivity index (χ2v) is 8.04. The molecule has 0 aliphatic carbocycles. The summed E-state index contributed by atoms with van der Waals surface area (Å²) in [6, 6.07) is 18.1. The predicted molar refractivity (Wildman–Crippen MR) is 122 cm³/mol. The normalized spacial score (nSPS) is 11.0. The first kappa shape index (κ1) is 22.7. The molecule has 0 bridgehead atoms. The predicted octanol–water partition coefficient (Wildman–Crippen LogP) is 3.65. The monoisotopic (exact) mass is 439 g/mol. The Labute approximate surface area is 187 Å². The van der Waals surface area contributed by atoms with Gasteiger partial charge in [-0.2, -0.15) is 5.10 Å². The smallest absolute Gasteiger partial charge is 0.310 e. The van der Waals surface area contributed by atoms with E-state index in [4.69, 9.17) is 16.3 Å². The fourth-order valence-electron chi connectivity index (χ4n) is 3.16. The van der Waals surface area contributed by atoms with Crippen molar-refractivity contribution >= 4 is 17.6 Å². The summed E-state index contributed by atoms with van der Waals surface area (Å²) in [5.41, 5.74) is 3.04. The Bertz CT molecular complexity index is 1100. The summed E-state index contributed by atoms with van der Waals surface area (Å²) in [6.45, 7) is 1.59. The molecule has 0 aliphatic heterocycles. The number of hydrogen-bond acceptors (Lipinski definition) is 5. The summed E-state index contributed by atoms with van der Waals surface area (Å²) in [6.07, 6.45) is 0.997. The van der Waals surface area contributed by atoms with Crippen molar-refractivity contribution in [3.63, 3.8) is 0 Å². The van der Waals surface area contributed by atoms with E-state index in [0.29, 0.717) is 23.9 Å². The lowest BCUT2D eigenvalue weighted by Gasteiger charge is -2.10. The lowest BCUT2D eigenvalue weighted by atomic mass is 10.1. The number of carbonyl (C=O) groups is 1. The molecule has 2 aromatic carbocycles. The van der Waals surface area contributed by atoms with Crippen molar-refractivity contribution in [2.45, 2.75) is 19.4 Å². The van der Waals surface area contributed by atoms with Crippen LogP contribution in [0.25, 0.3) is 11.3 Å². The van der Waals surface area contributed by atoms with Gasteiger partial charge in [-0.25, -0.2) is 4.68 Å². The minimum atomic E-state index is -0.255. The zero-order valence-corrected chi connectivity index (χ0v) is 18.5. The molecule has 0 spiro atoms. The number of nitrogens with zero attached hydrogens (tertiary/aromatic N) is 3. The first-order chi connectivity index (χ1) is 14.9. The molecule has 0 amide bonds. The van der Waals surface area contributed by atoms with Crippen LogP contribution in [0.5, 0.6) is 0 Å². The molecule has 0 N–H and O–H groups in total. The minimum absolute atomic E-state index is 0.195. The largest absolute Gasteiger partial charge is 0.465 e.